The Hall–Kier alpha value is -1.21. The van der Waals surface area contributed by atoms with Crippen LogP contribution >= 0.6 is 57.7 Å². The lowest BCUT2D eigenvalue weighted by Crippen LogP contribution is -2.34. The molecule has 1 aliphatic rings. The van der Waals surface area contributed by atoms with Crippen LogP contribution in [0, 0.1) is 26.2 Å². The van der Waals surface area contributed by atoms with E-state index in [4.69, 9.17) is 23.8 Å². The minimum absolute atomic E-state index is 0.160. The van der Waals surface area contributed by atoms with Gasteiger partial charge < -0.3 is 5.32 Å². The van der Waals surface area contributed by atoms with E-state index in [1.165, 1.54) is 4.88 Å². The monoisotopic (exact) mass is 557 g/mol. The van der Waals surface area contributed by atoms with Crippen molar-refractivity contribution >= 4 is 73.8 Å². The Balaban J connectivity index is 1.76. The number of benzene rings is 1. The number of anilines is 1. The number of thiocarbonyl (C=S) groups is 1. The zero-order chi connectivity index (χ0) is 21.3. The fourth-order valence-electron chi connectivity index (χ4n) is 3.51. The zero-order valence-corrected chi connectivity index (χ0v) is 20.9. The van der Waals surface area contributed by atoms with E-state index in [0.717, 1.165) is 28.4 Å². The topological polar surface area (TPSA) is 64.9 Å². The second kappa shape index (κ2) is 8.88. The zero-order valence-electron chi connectivity index (χ0n) is 16.4. The number of hydrogen-bond acceptors (Lipinski definition) is 4. The van der Waals surface area contributed by atoms with Crippen molar-refractivity contribution in [3.8, 4) is 6.07 Å². The summed E-state index contributed by atoms with van der Waals surface area (Å²) in [4.78, 5) is 13.8. The number of nitrogens with one attached hydrogen (secondary N) is 2. The summed E-state index contributed by atoms with van der Waals surface area (Å²) in [7, 11) is 0. The molecule has 1 heterocycles. The van der Waals surface area contributed by atoms with Gasteiger partial charge in [-0.3, -0.25) is 10.1 Å². The summed E-state index contributed by atoms with van der Waals surface area (Å²) in [5, 5.41) is 16.6. The Morgan fingerprint density at radius 2 is 2.14 bits per heavy atom. The molecule has 0 saturated heterocycles. The number of fused-ring (bicyclic) bond motifs is 1. The molecule has 4 nitrogen and oxygen atoms in total. The Morgan fingerprint density at radius 1 is 1.41 bits per heavy atom. The lowest BCUT2D eigenvalue weighted by atomic mass is 9.72. The van der Waals surface area contributed by atoms with Gasteiger partial charge in [-0.2, -0.15) is 5.26 Å². The first-order chi connectivity index (χ1) is 13.6. The molecule has 0 aliphatic heterocycles. The number of carbonyl (C=O) groups is 1. The van der Waals surface area contributed by atoms with Crippen molar-refractivity contribution in [3.05, 3.63) is 48.4 Å². The maximum atomic E-state index is 12.5. The predicted octanol–water partition coefficient (Wildman–Crippen LogP) is 6.16. The lowest BCUT2D eigenvalue weighted by Gasteiger charge is -2.33. The molecular weight excluding hydrogens is 537 g/mol. The van der Waals surface area contributed by atoms with Gasteiger partial charge in [0, 0.05) is 8.45 Å². The molecule has 0 saturated carbocycles. The molecule has 0 fully saturated rings. The molecule has 0 bridgehead atoms. The lowest BCUT2D eigenvalue weighted by molar-refractivity contribution is 0.0978. The minimum Gasteiger partial charge on any atom is -0.323 e. The molecule has 29 heavy (non-hydrogen) atoms. The summed E-state index contributed by atoms with van der Waals surface area (Å²) < 4.78 is 0.905. The maximum Gasteiger partial charge on any atom is 0.258 e. The molecule has 1 aromatic carbocycles. The van der Waals surface area contributed by atoms with Crippen molar-refractivity contribution < 1.29 is 4.79 Å². The molecule has 152 valence electrons. The average Bonchev–Trinajstić information content (AvgIpc) is 2.98. The largest absolute Gasteiger partial charge is 0.323 e. The van der Waals surface area contributed by atoms with E-state index in [-0.39, 0.29) is 16.4 Å². The van der Waals surface area contributed by atoms with E-state index in [1.54, 1.807) is 23.5 Å². The minimum atomic E-state index is -0.376. The molecule has 3 rings (SSSR count). The first-order valence-corrected chi connectivity index (χ1v) is 11.9. The van der Waals surface area contributed by atoms with E-state index in [2.05, 4.69) is 60.1 Å². The Labute approximate surface area is 199 Å². The van der Waals surface area contributed by atoms with E-state index >= 15 is 0 Å². The van der Waals surface area contributed by atoms with Gasteiger partial charge in [0.1, 0.15) is 11.1 Å². The molecule has 0 unspecified atom stereocenters. The molecule has 1 aliphatic carbocycles. The van der Waals surface area contributed by atoms with Crippen molar-refractivity contribution in [2.24, 2.45) is 11.3 Å². The quantitative estimate of drug-likeness (QED) is 0.343. The highest BCUT2D eigenvalue weighted by Gasteiger charge is 2.32. The van der Waals surface area contributed by atoms with Crippen molar-refractivity contribution in [3.63, 3.8) is 0 Å². The number of carbonyl (C=O) groups excluding carboxylic acids is 1. The average molecular weight is 558 g/mol. The van der Waals surface area contributed by atoms with Crippen LogP contribution in [-0.4, -0.2) is 11.0 Å². The molecule has 2 aromatic rings. The third kappa shape index (κ3) is 5.10. The third-order valence-corrected chi connectivity index (χ3v) is 7.60. The molecule has 8 heteroatoms. The van der Waals surface area contributed by atoms with Gasteiger partial charge in [-0.05, 0) is 89.2 Å². The summed E-state index contributed by atoms with van der Waals surface area (Å²) in [6, 6.07) is 7.54. The fourth-order valence-corrected chi connectivity index (χ4v) is 5.74. The van der Waals surface area contributed by atoms with E-state index in [1.807, 2.05) is 6.07 Å². The summed E-state index contributed by atoms with van der Waals surface area (Å²) in [6.07, 6.45) is 2.94. The van der Waals surface area contributed by atoms with Crippen LogP contribution in [0.5, 0.6) is 0 Å². The Morgan fingerprint density at radius 3 is 2.79 bits per heavy atom. The predicted molar refractivity (Wildman–Crippen MR) is 132 cm³/mol. The summed E-state index contributed by atoms with van der Waals surface area (Å²) in [6.45, 7) is 6.80. The van der Waals surface area contributed by atoms with Crippen LogP contribution in [-0.2, 0) is 12.8 Å². The second-order valence-corrected chi connectivity index (χ2v) is 11.3. The summed E-state index contributed by atoms with van der Waals surface area (Å²) >= 11 is 15.1. The SMILES string of the molecule is CC(C)(C)[C@@H]1CCc2c(sc(NC(=S)NC(=O)c3cc(I)ccc3Cl)c2C#N)C1. The standard InChI is InChI=1S/C21H21ClIN3OS2/c1-21(2,3)11-4-6-13-15(10-24)19(29-17(13)8-11)26-20(28)25-18(27)14-9-12(23)5-7-16(14)22/h5,7,9,11H,4,6,8H2,1-3H3,(H2,25,26,27,28)/t11-/m1/s1. The van der Waals surface area contributed by atoms with Crippen molar-refractivity contribution in [1.29, 1.82) is 5.26 Å². The smallest absolute Gasteiger partial charge is 0.258 e. The van der Waals surface area contributed by atoms with Crippen LogP contribution in [0.1, 0.15) is 53.6 Å². The number of hydrogen-bond donors (Lipinski definition) is 2. The number of amides is 1. The second-order valence-electron chi connectivity index (χ2n) is 8.16. The first-order valence-electron chi connectivity index (χ1n) is 9.22. The first kappa shape index (κ1) is 22.5. The van der Waals surface area contributed by atoms with Crippen LogP contribution in [0.25, 0.3) is 0 Å². The van der Waals surface area contributed by atoms with Gasteiger partial charge in [0.05, 0.1) is 16.1 Å². The number of nitrogens with zero attached hydrogens (tertiary/aromatic N) is 1. The number of thiophene rings is 1. The van der Waals surface area contributed by atoms with Crippen molar-refractivity contribution in [2.75, 3.05) is 5.32 Å². The molecule has 1 aromatic heterocycles. The van der Waals surface area contributed by atoms with E-state index in [0.29, 0.717) is 27.1 Å². The summed E-state index contributed by atoms with van der Waals surface area (Å²) in [5.41, 5.74) is 2.36. The van der Waals surface area contributed by atoms with Crippen LogP contribution in [0.2, 0.25) is 5.02 Å². The highest BCUT2D eigenvalue weighted by Crippen LogP contribution is 2.43. The van der Waals surface area contributed by atoms with Gasteiger partial charge in [-0.15, -0.1) is 11.3 Å². The Kier molecular flexibility index (Phi) is 6.88. The van der Waals surface area contributed by atoms with Gasteiger partial charge >= 0.3 is 0 Å². The molecular formula is C21H21ClIN3OS2. The maximum absolute atomic E-state index is 12.5. The molecule has 0 spiro atoms. The number of nitriles is 1. The van der Waals surface area contributed by atoms with Crippen molar-refractivity contribution in [1.82, 2.24) is 5.32 Å². The highest BCUT2D eigenvalue weighted by molar-refractivity contribution is 14.1. The summed E-state index contributed by atoms with van der Waals surface area (Å²) in [5.74, 6) is 0.209. The highest BCUT2D eigenvalue weighted by atomic mass is 127. The van der Waals surface area contributed by atoms with Gasteiger partial charge in [-0.1, -0.05) is 32.4 Å². The molecule has 2 N–H and O–H groups in total. The van der Waals surface area contributed by atoms with Crippen LogP contribution in [0.15, 0.2) is 18.2 Å². The van der Waals surface area contributed by atoms with Gasteiger partial charge in [-0.25, -0.2) is 0 Å². The molecule has 1 amide bonds. The number of halogens is 2. The van der Waals surface area contributed by atoms with E-state index in [9.17, 15) is 10.1 Å². The number of rotatable bonds is 2. The van der Waals surface area contributed by atoms with Gasteiger partial charge in [0.25, 0.3) is 5.91 Å². The normalized spacial score (nSPS) is 15.9. The van der Waals surface area contributed by atoms with E-state index < -0.39 is 0 Å². The van der Waals surface area contributed by atoms with Crippen LogP contribution in [0.4, 0.5) is 5.00 Å². The van der Waals surface area contributed by atoms with Crippen LogP contribution < -0.4 is 10.6 Å². The molecule has 0 radical (unpaired) electrons. The van der Waals surface area contributed by atoms with Gasteiger partial charge in [0.15, 0.2) is 5.11 Å². The molecule has 1 atom stereocenters. The Bertz CT molecular complexity index is 1020. The van der Waals surface area contributed by atoms with Crippen LogP contribution in [0.3, 0.4) is 0 Å². The van der Waals surface area contributed by atoms with Crippen molar-refractivity contribution in [2.45, 2.75) is 40.0 Å². The fraction of sp³-hybridized carbons (Fsp3) is 0.381. The van der Waals surface area contributed by atoms with Gasteiger partial charge in [0.2, 0.25) is 0 Å². The third-order valence-electron chi connectivity index (χ3n) is 5.23.